The Labute approximate surface area is 117 Å². The third kappa shape index (κ3) is 3.09. The molecular formula is C18H24O. The Morgan fingerprint density at radius 3 is 2.89 bits per heavy atom. The van der Waals surface area contributed by atoms with Crippen LogP contribution in [0.2, 0.25) is 0 Å². The Morgan fingerprint density at radius 2 is 2.26 bits per heavy atom. The molecule has 0 aliphatic heterocycles. The van der Waals surface area contributed by atoms with Crippen LogP contribution < -0.4 is 4.74 Å². The second kappa shape index (κ2) is 6.10. The van der Waals surface area contributed by atoms with Crippen molar-refractivity contribution in [2.24, 2.45) is 5.92 Å². The first-order valence-corrected chi connectivity index (χ1v) is 7.09. The molecule has 1 nitrogen and oxygen atoms in total. The van der Waals surface area contributed by atoms with Gasteiger partial charge in [-0.25, -0.2) is 0 Å². The second-order valence-electron chi connectivity index (χ2n) is 5.61. The van der Waals surface area contributed by atoms with Gasteiger partial charge < -0.3 is 4.74 Å². The molecule has 19 heavy (non-hydrogen) atoms. The normalized spacial score (nSPS) is 21.6. The maximum absolute atomic E-state index is 5.33. The Balaban J connectivity index is 2.28. The van der Waals surface area contributed by atoms with Crippen molar-refractivity contribution in [1.82, 2.24) is 0 Å². The third-order valence-electron chi connectivity index (χ3n) is 4.20. The Morgan fingerprint density at radius 1 is 1.47 bits per heavy atom. The molecule has 0 spiro atoms. The van der Waals surface area contributed by atoms with Crippen molar-refractivity contribution in [2.45, 2.75) is 38.5 Å². The van der Waals surface area contributed by atoms with Crippen molar-refractivity contribution >= 4 is 0 Å². The number of benzene rings is 1. The molecule has 0 fully saturated rings. The van der Waals surface area contributed by atoms with Gasteiger partial charge in [-0.1, -0.05) is 17.7 Å². The Hall–Kier alpha value is -1.50. The highest BCUT2D eigenvalue weighted by Crippen LogP contribution is 2.41. The first-order valence-electron chi connectivity index (χ1n) is 7.09. The first-order chi connectivity index (χ1) is 9.15. The average Bonchev–Trinajstić information content (AvgIpc) is 2.43. The minimum atomic E-state index is 0.587. The van der Waals surface area contributed by atoms with Crippen LogP contribution in [0.3, 0.4) is 0 Å². The molecule has 102 valence electrons. The number of rotatable bonds is 5. The summed E-state index contributed by atoms with van der Waals surface area (Å²) in [6.07, 6.45) is 6.74. The Bertz CT molecular complexity index is 473. The van der Waals surface area contributed by atoms with Crippen LogP contribution in [0.15, 0.2) is 43.0 Å². The maximum atomic E-state index is 5.33. The quantitative estimate of drug-likeness (QED) is 0.682. The number of ether oxygens (including phenoxy) is 1. The molecule has 0 aromatic heterocycles. The summed E-state index contributed by atoms with van der Waals surface area (Å²) < 4.78 is 5.33. The lowest BCUT2D eigenvalue weighted by Crippen LogP contribution is -2.19. The minimum absolute atomic E-state index is 0.587. The summed E-state index contributed by atoms with van der Waals surface area (Å²) in [4.78, 5) is 0. The van der Waals surface area contributed by atoms with Gasteiger partial charge in [-0.05, 0) is 67.7 Å². The lowest BCUT2D eigenvalue weighted by molar-refractivity contribution is 0.404. The van der Waals surface area contributed by atoms with E-state index < -0.39 is 0 Å². The smallest absolute Gasteiger partial charge is 0.119 e. The molecule has 0 saturated heterocycles. The van der Waals surface area contributed by atoms with Crippen molar-refractivity contribution in [3.8, 4) is 5.75 Å². The molecule has 2 atom stereocenters. The van der Waals surface area contributed by atoms with Crippen molar-refractivity contribution in [1.29, 1.82) is 0 Å². The van der Waals surface area contributed by atoms with Gasteiger partial charge in [0.05, 0.1) is 7.11 Å². The van der Waals surface area contributed by atoms with Crippen LogP contribution in [0.25, 0.3) is 0 Å². The maximum Gasteiger partial charge on any atom is 0.119 e. The fourth-order valence-corrected chi connectivity index (χ4v) is 3.09. The van der Waals surface area contributed by atoms with Gasteiger partial charge in [0.15, 0.2) is 0 Å². The highest BCUT2D eigenvalue weighted by atomic mass is 16.5. The molecule has 1 aliphatic rings. The third-order valence-corrected chi connectivity index (χ3v) is 4.20. The zero-order valence-corrected chi connectivity index (χ0v) is 12.1. The molecule has 1 aromatic rings. The second-order valence-corrected chi connectivity index (χ2v) is 5.61. The highest BCUT2D eigenvalue weighted by molar-refractivity contribution is 5.40. The Kier molecular flexibility index (Phi) is 4.47. The zero-order chi connectivity index (χ0) is 13.8. The summed E-state index contributed by atoms with van der Waals surface area (Å²) in [6, 6.07) is 6.52. The fourth-order valence-electron chi connectivity index (χ4n) is 3.09. The molecule has 0 heterocycles. The van der Waals surface area contributed by atoms with E-state index in [1.54, 1.807) is 7.11 Å². The van der Waals surface area contributed by atoms with E-state index in [4.69, 9.17) is 4.74 Å². The van der Waals surface area contributed by atoms with E-state index in [9.17, 15) is 0 Å². The largest absolute Gasteiger partial charge is 0.497 e. The number of fused-ring (bicyclic) bond motifs is 1. The number of aryl methyl sites for hydroxylation is 1. The molecule has 2 rings (SSSR count). The molecule has 1 aromatic carbocycles. The van der Waals surface area contributed by atoms with Crippen LogP contribution in [0, 0.1) is 5.92 Å². The van der Waals surface area contributed by atoms with Crippen LogP contribution in [0.5, 0.6) is 5.75 Å². The number of hydrogen-bond donors (Lipinski definition) is 0. The summed E-state index contributed by atoms with van der Waals surface area (Å²) in [6.45, 7) is 10.2. The van der Waals surface area contributed by atoms with Crippen LogP contribution in [0.4, 0.5) is 0 Å². The molecule has 0 N–H and O–H groups in total. The van der Waals surface area contributed by atoms with Crippen molar-refractivity contribution < 1.29 is 4.74 Å². The monoisotopic (exact) mass is 256 g/mol. The summed E-state index contributed by atoms with van der Waals surface area (Å²) in [5.41, 5.74) is 4.20. The van der Waals surface area contributed by atoms with E-state index in [2.05, 4.69) is 44.4 Å². The first kappa shape index (κ1) is 13.9. The zero-order valence-electron chi connectivity index (χ0n) is 12.1. The predicted octanol–water partition coefficient (Wildman–Crippen LogP) is 4.88. The summed E-state index contributed by atoms with van der Waals surface area (Å²) >= 11 is 0. The lowest BCUT2D eigenvalue weighted by atomic mass is 9.73. The van der Waals surface area contributed by atoms with Gasteiger partial charge in [-0.2, -0.15) is 0 Å². The molecule has 0 unspecified atom stereocenters. The van der Waals surface area contributed by atoms with Gasteiger partial charge in [-0.15, -0.1) is 13.2 Å². The molecule has 0 radical (unpaired) electrons. The summed E-state index contributed by atoms with van der Waals surface area (Å²) in [5.74, 6) is 2.15. The highest BCUT2D eigenvalue weighted by Gasteiger charge is 2.27. The van der Waals surface area contributed by atoms with E-state index in [0.29, 0.717) is 11.8 Å². The topological polar surface area (TPSA) is 9.23 Å². The van der Waals surface area contributed by atoms with Crippen LogP contribution in [-0.4, -0.2) is 7.11 Å². The number of hydrogen-bond acceptors (Lipinski definition) is 1. The van der Waals surface area contributed by atoms with E-state index in [0.717, 1.165) is 18.6 Å². The fraction of sp³-hybridized carbons (Fsp3) is 0.444. The molecule has 0 amide bonds. The summed E-state index contributed by atoms with van der Waals surface area (Å²) in [5, 5.41) is 0. The minimum Gasteiger partial charge on any atom is -0.497 e. The molecule has 0 saturated carbocycles. The van der Waals surface area contributed by atoms with Crippen LogP contribution in [0.1, 0.15) is 43.2 Å². The van der Waals surface area contributed by atoms with E-state index in [-0.39, 0.29) is 0 Å². The lowest BCUT2D eigenvalue weighted by Gasteiger charge is -2.32. The molecular weight excluding hydrogens is 232 g/mol. The number of allylic oxidation sites excluding steroid dienone is 2. The predicted molar refractivity (Wildman–Crippen MR) is 81.8 cm³/mol. The van der Waals surface area contributed by atoms with Gasteiger partial charge >= 0.3 is 0 Å². The van der Waals surface area contributed by atoms with Gasteiger partial charge in [-0.3, -0.25) is 0 Å². The van der Waals surface area contributed by atoms with Crippen molar-refractivity contribution in [2.75, 3.05) is 7.11 Å². The standard InChI is InChI=1S/C18H24O/c1-5-14-7-8-15-12-16(19-4)9-11-18(15)17(14)10-6-13(2)3/h5,9,11-12,14,17H,1-2,6-8,10H2,3-4H3/t14-,17+/m1/s1. The van der Waals surface area contributed by atoms with Gasteiger partial charge in [0.25, 0.3) is 0 Å². The van der Waals surface area contributed by atoms with Gasteiger partial charge in [0, 0.05) is 0 Å². The average molecular weight is 256 g/mol. The van der Waals surface area contributed by atoms with Crippen LogP contribution >= 0.6 is 0 Å². The number of methoxy groups -OCH3 is 1. The van der Waals surface area contributed by atoms with E-state index in [1.165, 1.54) is 29.5 Å². The van der Waals surface area contributed by atoms with Crippen molar-refractivity contribution in [3.63, 3.8) is 0 Å². The molecule has 1 heteroatoms. The van der Waals surface area contributed by atoms with Gasteiger partial charge in [0.2, 0.25) is 0 Å². The van der Waals surface area contributed by atoms with E-state index >= 15 is 0 Å². The van der Waals surface area contributed by atoms with Crippen LogP contribution in [-0.2, 0) is 6.42 Å². The van der Waals surface area contributed by atoms with E-state index in [1.807, 2.05) is 0 Å². The van der Waals surface area contributed by atoms with Crippen molar-refractivity contribution in [3.05, 3.63) is 54.1 Å². The molecule has 1 aliphatic carbocycles. The summed E-state index contributed by atoms with van der Waals surface area (Å²) in [7, 11) is 1.73. The SMILES string of the molecule is C=C[C@@H]1CCc2cc(OC)ccc2[C@H]1CCC(=C)C. The molecule has 0 bridgehead atoms. The van der Waals surface area contributed by atoms with Gasteiger partial charge in [0.1, 0.15) is 5.75 Å².